The van der Waals surface area contributed by atoms with E-state index in [1.165, 1.54) is 0 Å². The van der Waals surface area contributed by atoms with Crippen molar-refractivity contribution in [1.82, 2.24) is 4.90 Å². The van der Waals surface area contributed by atoms with Gasteiger partial charge in [0.05, 0.1) is 12.5 Å². The minimum atomic E-state index is -1.47. The van der Waals surface area contributed by atoms with Crippen LogP contribution in [-0.2, 0) is 19.2 Å². The molecule has 0 aliphatic carbocycles. The van der Waals surface area contributed by atoms with Crippen LogP contribution < -0.4 is 5.73 Å². The van der Waals surface area contributed by atoms with Crippen LogP contribution in [0.4, 0.5) is 0 Å². The molecule has 0 aromatic heterocycles. The van der Waals surface area contributed by atoms with Gasteiger partial charge in [0.2, 0.25) is 5.91 Å². The molecule has 0 aromatic carbocycles. The SMILES string of the molecule is NC(CC(=O)O)C(=O)N(CC(=O)O)CC(=O)O. The predicted molar refractivity (Wildman–Crippen MR) is 52.1 cm³/mol. The molecule has 0 heterocycles. The number of rotatable bonds is 7. The van der Waals surface area contributed by atoms with E-state index in [1.807, 2.05) is 0 Å². The van der Waals surface area contributed by atoms with E-state index in [0.29, 0.717) is 4.90 Å². The van der Waals surface area contributed by atoms with Crippen molar-refractivity contribution in [3.8, 4) is 0 Å². The molecule has 9 heteroatoms. The van der Waals surface area contributed by atoms with Crippen LogP contribution >= 0.6 is 0 Å². The lowest BCUT2D eigenvalue weighted by atomic mass is 10.2. The van der Waals surface area contributed by atoms with Crippen molar-refractivity contribution in [2.45, 2.75) is 12.5 Å². The Morgan fingerprint density at radius 2 is 1.35 bits per heavy atom. The van der Waals surface area contributed by atoms with Crippen molar-refractivity contribution >= 4 is 23.8 Å². The van der Waals surface area contributed by atoms with Crippen molar-refractivity contribution in [3.05, 3.63) is 0 Å². The molecule has 17 heavy (non-hydrogen) atoms. The van der Waals surface area contributed by atoms with Gasteiger partial charge in [0.1, 0.15) is 13.1 Å². The van der Waals surface area contributed by atoms with Gasteiger partial charge < -0.3 is 26.0 Å². The summed E-state index contributed by atoms with van der Waals surface area (Å²) in [5, 5.41) is 25.3. The highest BCUT2D eigenvalue weighted by Crippen LogP contribution is 1.98. The Balaban J connectivity index is 4.66. The highest BCUT2D eigenvalue weighted by atomic mass is 16.4. The molecule has 5 N–H and O–H groups in total. The second-order valence-corrected chi connectivity index (χ2v) is 3.19. The second-order valence-electron chi connectivity index (χ2n) is 3.19. The summed E-state index contributed by atoms with van der Waals surface area (Å²) in [7, 11) is 0. The Kier molecular flexibility index (Phi) is 5.61. The Bertz CT molecular complexity index is 325. The maximum Gasteiger partial charge on any atom is 0.323 e. The maximum atomic E-state index is 11.5. The summed E-state index contributed by atoms with van der Waals surface area (Å²) < 4.78 is 0. The fourth-order valence-electron chi connectivity index (χ4n) is 1.05. The normalized spacial score (nSPS) is 11.6. The minimum absolute atomic E-state index is 0.471. The minimum Gasteiger partial charge on any atom is -0.481 e. The number of nitrogens with two attached hydrogens (primary N) is 1. The van der Waals surface area contributed by atoms with Gasteiger partial charge in [-0.3, -0.25) is 19.2 Å². The molecule has 0 saturated heterocycles. The van der Waals surface area contributed by atoms with Gasteiger partial charge in [0.25, 0.3) is 0 Å². The summed E-state index contributed by atoms with van der Waals surface area (Å²) in [4.78, 5) is 43.0. The molecule has 0 aliphatic rings. The van der Waals surface area contributed by atoms with Crippen molar-refractivity contribution < 1.29 is 34.5 Å². The maximum absolute atomic E-state index is 11.5. The number of hydrogen-bond donors (Lipinski definition) is 4. The first-order valence-corrected chi connectivity index (χ1v) is 4.43. The zero-order chi connectivity index (χ0) is 13.6. The summed E-state index contributed by atoms with van der Waals surface area (Å²) in [6.45, 7) is -1.70. The molecule has 0 fully saturated rings. The summed E-state index contributed by atoms with van der Waals surface area (Å²) in [6.07, 6.45) is -0.700. The quantitative estimate of drug-likeness (QED) is 0.394. The number of hydrogen-bond acceptors (Lipinski definition) is 5. The number of carboxylic acids is 3. The monoisotopic (exact) mass is 248 g/mol. The van der Waals surface area contributed by atoms with Crippen LogP contribution in [0, 0.1) is 0 Å². The number of amides is 1. The van der Waals surface area contributed by atoms with Crippen LogP contribution in [0.15, 0.2) is 0 Å². The third-order valence-corrected chi connectivity index (χ3v) is 1.68. The van der Waals surface area contributed by atoms with E-state index < -0.39 is 49.4 Å². The Morgan fingerprint density at radius 3 is 1.65 bits per heavy atom. The number of carbonyl (C=O) groups is 4. The van der Waals surface area contributed by atoms with Gasteiger partial charge in [-0.2, -0.15) is 0 Å². The molecule has 96 valence electrons. The second kappa shape index (κ2) is 6.43. The molecule has 0 radical (unpaired) electrons. The van der Waals surface area contributed by atoms with Crippen molar-refractivity contribution in [1.29, 1.82) is 0 Å². The molecule has 0 rings (SSSR count). The van der Waals surface area contributed by atoms with Gasteiger partial charge in [-0.25, -0.2) is 0 Å². The van der Waals surface area contributed by atoms with Gasteiger partial charge in [-0.15, -0.1) is 0 Å². The summed E-state index contributed by atoms with van der Waals surface area (Å²) >= 11 is 0. The molecule has 1 unspecified atom stereocenters. The lowest BCUT2D eigenvalue weighted by Gasteiger charge is -2.21. The standard InChI is InChI=1S/C8H12N2O7/c9-4(1-5(11)12)8(17)10(2-6(13)14)3-7(15)16/h4H,1-3,9H2,(H,11,12)(H,13,14)(H,15,16). The van der Waals surface area contributed by atoms with E-state index in [2.05, 4.69) is 0 Å². The molecule has 0 saturated carbocycles. The largest absolute Gasteiger partial charge is 0.481 e. The van der Waals surface area contributed by atoms with Crippen molar-refractivity contribution in [3.63, 3.8) is 0 Å². The lowest BCUT2D eigenvalue weighted by molar-refractivity contribution is -0.150. The molecule has 0 spiro atoms. The molecule has 0 bridgehead atoms. The van der Waals surface area contributed by atoms with E-state index in [-0.39, 0.29) is 0 Å². The fourth-order valence-corrected chi connectivity index (χ4v) is 1.05. The average Bonchev–Trinajstić information content (AvgIpc) is 2.12. The highest BCUT2D eigenvalue weighted by Gasteiger charge is 2.26. The van der Waals surface area contributed by atoms with Gasteiger partial charge in [0.15, 0.2) is 0 Å². The van der Waals surface area contributed by atoms with Gasteiger partial charge in [-0.1, -0.05) is 0 Å². The van der Waals surface area contributed by atoms with Crippen LogP contribution in [0.25, 0.3) is 0 Å². The number of aliphatic carboxylic acids is 3. The summed E-state index contributed by atoms with van der Waals surface area (Å²) in [5.41, 5.74) is 5.21. The molecule has 1 atom stereocenters. The third kappa shape index (κ3) is 6.10. The first kappa shape index (κ1) is 14.8. The van der Waals surface area contributed by atoms with E-state index in [9.17, 15) is 19.2 Å². The Labute approximate surface area is 95.4 Å². The Hall–Kier alpha value is -2.16. The van der Waals surface area contributed by atoms with Gasteiger partial charge in [-0.05, 0) is 0 Å². The van der Waals surface area contributed by atoms with Crippen LogP contribution in [-0.4, -0.2) is 63.2 Å². The smallest absolute Gasteiger partial charge is 0.323 e. The molecule has 0 aliphatic heterocycles. The number of carboxylic acid groups (broad SMARTS) is 3. The predicted octanol–water partition coefficient (Wildman–Crippen LogP) is -2.21. The lowest BCUT2D eigenvalue weighted by Crippen LogP contribution is -2.48. The number of carbonyl (C=O) groups excluding carboxylic acids is 1. The van der Waals surface area contributed by atoms with Crippen molar-refractivity contribution in [2.75, 3.05) is 13.1 Å². The molecule has 1 amide bonds. The molecular formula is C8H12N2O7. The highest BCUT2D eigenvalue weighted by molar-refractivity contribution is 5.90. The van der Waals surface area contributed by atoms with Gasteiger partial charge in [0, 0.05) is 0 Å². The summed E-state index contributed by atoms with van der Waals surface area (Å²) in [6, 6.07) is -1.47. The average molecular weight is 248 g/mol. The summed E-state index contributed by atoms with van der Waals surface area (Å²) in [5.74, 6) is -5.20. The van der Waals surface area contributed by atoms with Crippen LogP contribution in [0.1, 0.15) is 6.42 Å². The van der Waals surface area contributed by atoms with Crippen molar-refractivity contribution in [2.24, 2.45) is 5.73 Å². The zero-order valence-electron chi connectivity index (χ0n) is 8.70. The van der Waals surface area contributed by atoms with Crippen LogP contribution in [0.3, 0.4) is 0 Å². The van der Waals surface area contributed by atoms with E-state index >= 15 is 0 Å². The van der Waals surface area contributed by atoms with E-state index in [1.54, 1.807) is 0 Å². The van der Waals surface area contributed by atoms with Crippen LogP contribution in [0.5, 0.6) is 0 Å². The van der Waals surface area contributed by atoms with E-state index in [0.717, 1.165) is 0 Å². The third-order valence-electron chi connectivity index (χ3n) is 1.68. The first-order chi connectivity index (χ1) is 7.73. The first-order valence-electron chi connectivity index (χ1n) is 4.43. The molecular weight excluding hydrogens is 236 g/mol. The van der Waals surface area contributed by atoms with Crippen LogP contribution in [0.2, 0.25) is 0 Å². The number of nitrogens with zero attached hydrogens (tertiary/aromatic N) is 1. The zero-order valence-corrected chi connectivity index (χ0v) is 8.70. The molecule has 0 aromatic rings. The van der Waals surface area contributed by atoms with Gasteiger partial charge >= 0.3 is 17.9 Å². The van der Waals surface area contributed by atoms with E-state index in [4.69, 9.17) is 21.1 Å². The molecule has 9 nitrogen and oxygen atoms in total. The Morgan fingerprint density at radius 1 is 0.941 bits per heavy atom. The topological polar surface area (TPSA) is 158 Å². The fraction of sp³-hybridized carbons (Fsp3) is 0.500.